The largest absolute Gasteiger partial charge is 0.508 e. The molecule has 3 heterocycles. The molecule has 0 bridgehead atoms. The van der Waals surface area contributed by atoms with Crippen LogP contribution in [0.2, 0.25) is 0 Å². The molecule has 40 heavy (non-hydrogen) atoms. The van der Waals surface area contributed by atoms with Crippen molar-refractivity contribution in [3.8, 4) is 5.75 Å². The smallest absolute Gasteiger partial charge is 0.185 e. The predicted octanol–water partition coefficient (Wildman–Crippen LogP) is 5.30. The minimum Gasteiger partial charge on any atom is -0.508 e. The van der Waals surface area contributed by atoms with Crippen LogP contribution in [0.15, 0.2) is 103 Å². The number of rotatable bonds is 9. The number of nitrogens with zero attached hydrogens (tertiary/aromatic N) is 4. The van der Waals surface area contributed by atoms with Crippen molar-refractivity contribution in [2.75, 3.05) is 31.1 Å². The monoisotopic (exact) mass is 530 g/mol. The summed E-state index contributed by atoms with van der Waals surface area (Å²) in [7, 11) is 0. The van der Waals surface area contributed by atoms with E-state index in [9.17, 15) is 14.7 Å². The Morgan fingerprint density at radius 2 is 1.30 bits per heavy atom. The highest BCUT2D eigenvalue weighted by Crippen LogP contribution is 2.23. The molecule has 1 aliphatic rings. The van der Waals surface area contributed by atoms with E-state index < -0.39 is 0 Å². The first-order valence-corrected chi connectivity index (χ1v) is 13.2. The molecule has 2 aromatic carbocycles. The Balaban J connectivity index is 1.15. The summed E-state index contributed by atoms with van der Waals surface area (Å²) in [4.78, 5) is 38.2. The summed E-state index contributed by atoms with van der Waals surface area (Å²) >= 11 is 0. The number of pyridine rings is 2. The van der Waals surface area contributed by atoms with Gasteiger partial charge in [-0.05, 0) is 91.0 Å². The van der Waals surface area contributed by atoms with Gasteiger partial charge in [0.2, 0.25) is 0 Å². The summed E-state index contributed by atoms with van der Waals surface area (Å²) in [5.74, 6) is -0.00863. The number of ketones is 2. The summed E-state index contributed by atoms with van der Waals surface area (Å²) in [6, 6.07) is 23.8. The first-order chi connectivity index (χ1) is 19.5. The fraction of sp³-hybridized carbons (Fsp3) is 0.152. The van der Waals surface area contributed by atoms with Crippen LogP contribution >= 0.6 is 0 Å². The summed E-state index contributed by atoms with van der Waals surface area (Å²) in [5.41, 5.74) is 4.42. The standard InChI is InChI=1S/C33H30N4O3/c38-31(15-10-28-5-1-3-17-34-28)25-7-12-30(13-8-25)37-21-19-36(20-22-37)24-27-23-26(9-14-33(27)40)32(39)16-11-29-6-2-4-18-35-29/h1-18,23,40H,19-22,24H2/b15-10+,16-11+. The molecule has 2 aromatic heterocycles. The lowest BCUT2D eigenvalue weighted by molar-refractivity contribution is 0.103. The van der Waals surface area contributed by atoms with E-state index in [2.05, 4.69) is 19.8 Å². The third-order valence-corrected chi connectivity index (χ3v) is 6.83. The van der Waals surface area contributed by atoms with Crippen molar-refractivity contribution in [1.29, 1.82) is 0 Å². The Bertz CT molecular complexity index is 1510. The van der Waals surface area contributed by atoms with Crippen LogP contribution in [-0.4, -0.2) is 57.7 Å². The van der Waals surface area contributed by atoms with Gasteiger partial charge in [-0.3, -0.25) is 24.5 Å². The van der Waals surface area contributed by atoms with Crippen molar-refractivity contribution >= 4 is 29.4 Å². The van der Waals surface area contributed by atoms with Crippen molar-refractivity contribution in [2.45, 2.75) is 6.54 Å². The van der Waals surface area contributed by atoms with Gasteiger partial charge < -0.3 is 10.0 Å². The number of hydrogen-bond acceptors (Lipinski definition) is 7. The van der Waals surface area contributed by atoms with Gasteiger partial charge in [0.25, 0.3) is 0 Å². The van der Waals surface area contributed by atoms with Gasteiger partial charge in [0.15, 0.2) is 11.6 Å². The number of carbonyl (C=O) groups is 2. The molecule has 7 heteroatoms. The van der Waals surface area contributed by atoms with Crippen molar-refractivity contribution in [2.24, 2.45) is 0 Å². The van der Waals surface area contributed by atoms with E-state index in [4.69, 9.17) is 0 Å². The van der Waals surface area contributed by atoms with E-state index in [1.807, 2.05) is 60.7 Å². The van der Waals surface area contributed by atoms with Gasteiger partial charge in [0.05, 0.1) is 11.4 Å². The maximum absolute atomic E-state index is 12.7. The van der Waals surface area contributed by atoms with Crippen LogP contribution in [0.5, 0.6) is 5.75 Å². The van der Waals surface area contributed by atoms with Gasteiger partial charge >= 0.3 is 0 Å². The number of piperazine rings is 1. The zero-order chi connectivity index (χ0) is 27.7. The lowest BCUT2D eigenvalue weighted by Crippen LogP contribution is -2.46. The summed E-state index contributed by atoms with van der Waals surface area (Å²) in [5, 5.41) is 10.4. The Morgan fingerprint density at radius 3 is 1.88 bits per heavy atom. The molecular weight excluding hydrogens is 500 g/mol. The molecule has 0 spiro atoms. The highest BCUT2D eigenvalue weighted by atomic mass is 16.3. The van der Waals surface area contributed by atoms with Crippen LogP contribution in [0.25, 0.3) is 12.2 Å². The molecule has 7 nitrogen and oxygen atoms in total. The second-order valence-electron chi connectivity index (χ2n) is 9.56. The molecule has 5 rings (SSSR count). The van der Waals surface area contributed by atoms with E-state index in [0.29, 0.717) is 23.4 Å². The van der Waals surface area contributed by atoms with Crippen LogP contribution in [0.1, 0.15) is 37.7 Å². The van der Waals surface area contributed by atoms with Gasteiger partial charge in [-0.15, -0.1) is 0 Å². The molecule has 0 atom stereocenters. The lowest BCUT2D eigenvalue weighted by Gasteiger charge is -2.36. The molecule has 1 saturated heterocycles. The molecule has 0 radical (unpaired) electrons. The van der Waals surface area contributed by atoms with E-state index in [1.165, 1.54) is 6.08 Å². The van der Waals surface area contributed by atoms with Crippen molar-refractivity contribution in [3.63, 3.8) is 0 Å². The highest BCUT2D eigenvalue weighted by Gasteiger charge is 2.19. The normalized spacial score (nSPS) is 14.2. The number of anilines is 1. The molecule has 200 valence electrons. The first-order valence-electron chi connectivity index (χ1n) is 13.2. The topological polar surface area (TPSA) is 86.6 Å². The second kappa shape index (κ2) is 12.8. The highest BCUT2D eigenvalue weighted by molar-refractivity contribution is 6.07. The SMILES string of the molecule is O=C(/C=C/c1ccccn1)c1ccc(N2CCN(Cc3cc(C(=O)/C=C/c4ccccn4)ccc3O)CC2)cc1. The second-order valence-corrected chi connectivity index (χ2v) is 9.56. The lowest BCUT2D eigenvalue weighted by atomic mass is 10.0. The van der Waals surface area contributed by atoms with E-state index >= 15 is 0 Å². The molecule has 0 amide bonds. The Hall–Kier alpha value is -4.88. The number of hydrogen-bond donors (Lipinski definition) is 1. The molecular formula is C33H30N4O3. The van der Waals surface area contributed by atoms with Crippen LogP contribution in [0, 0.1) is 0 Å². The Kier molecular flexibility index (Phi) is 8.53. The van der Waals surface area contributed by atoms with E-state index in [0.717, 1.165) is 43.1 Å². The average molecular weight is 531 g/mol. The number of carbonyl (C=O) groups excluding carboxylic acids is 2. The van der Waals surface area contributed by atoms with Gasteiger partial charge in [0.1, 0.15) is 5.75 Å². The van der Waals surface area contributed by atoms with Crippen molar-refractivity contribution in [1.82, 2.24) is 14.9 Å². The van der Waals surface area contributed by atoms with Crippen LogP contribution < -0.4 is 4.90 Å². The fourth-order valence-corrected chi connectivity index (χ4v) is 4.57. The summed E-state index contributed by atoms with van der Waals surface area (Å²) < 4.78 is 0. The van der Waals surface area contributed by atoms with Gasteiger partial charge in [-0.1, -0.05) is 12.1 Å². The number of aromatic nitrogens is 2. The minimum atomic E-state index is -0.133. The first kappa shape index (κ1) is 26.7. The van der Waals surface area contributed by atoms with Crippen LogP contribution in [0.3, 0.4) is 0 Å². The quantitative estimate of drug-likeness (QED) is 0.232. The average Bonchev–Trinajstić information content (AvgIpc) is 3.01. The molecule has 0 saturated carbocycles. The maximum atomic E-state index is 12.7. The summed E-state index contributed by atoms with van der Waals surface area (Å²) in [6.07, 6.45) is 9.84. The number of aromatic hydroxyl groups is 1. The number of allylic oxidation sites excluding steroid dienone is 2. The molecule has 1 N–H and O–H groups in total. The zero-order valence-electron chi connectivity index (χ0n) is 22.1. The van der Waals surface area contributed by atoms with Crippen LogP contribution in [0.4, 0.5) is 5.69 Å². The summed E-state index contributed by atoms with van der Waals surface area (Å²) in [6.45, 7) is 3.81. The third-order valence-electron chi connectivity index (χ3n) is 6.83. The Labute approximate surface area is 233 Å². The molecule has 1 fully saturated rings. The minimum absolute atomic E-state index is 0.0604. The van der Waals surface area contributed by atoms with Gasteiger partial charge in [0, 0.05) is 67.5 Å². The van der Waals surface area contributed by atoms with E-state index in [1.54, 1.807) is 48.8 Å². The van der Waals surface area contributed by atoms with Gasteiger partial charge in [-0.25, -0.2) is 0 Å². The molecule has 0 unspecified atom stereocenters. The van der Waals surface area contributed by atoms with Gasteiger partial charge in [-0.2, -0.15) is 0 Å². The predicted molar refractivity (Wildman–Crippen MR) is 157 cm³/mol. The molecule has 1 aliphatic heterocycles. The Morgan fingerprint density at radius 1 is 0.725 bits per heavy atom. The number of benzene rings is 2. The third kappa shape index (κ3) is 6.95. The van der Waals surface area contributed by atoms with Crippen LogP contribution in [-0.2, 0) is 6.54 Å². The zero-order valence-corrected chi connectivity index (χ0v) is 22.1. The number of phenolic OH excluding ortho intramolecular Hbond substituents is 1. The van der Waals surface area contributed by atoms with E-state index in [-0.39, 0.29) is 17.3 Å². The fourth-order valence-electron chi connectivity index (χ4n) is 4.57. The number of phenols is 1. The van der Waals surface area contributed by atoms with Crippen molar-refractivity contribution in [3.05, 3.63) is 131 Å². The van der Waals surface area contributed by atoms with Crippen molar-refractivity contribution < 1.29 is 14.7 Å². The molecule has 0 aliphatic carbocycles. The maximum Gasteiger partial charge on any atom is 0.185 e. The molecule has 4 aromatic rings.